The number of benzene rings is 2. The predicted molar refractivity (Wildman–Crippen MR) is 123 cm³/mol. The maximum atomic E-state index is 12.4. The molecule has 0 atom stereocenters. The lowest BCUT2D eigenvalue weighted by molar-refractivity contribution is -0.135. The lowest BCUT2D eigenvalue weighted by Crippen LogP contribution is -2.40. The Morgan fingerprint density at radius 2 is 1.80 bits per heavy atom. The number of likely N-dealkylation sites (tertiary alicyclic amines) is 1. The minimum atomic E-state index is 0.0527. The van der Waals surface area contributed by atoms with E-state index >= 15 is 0 Å². The first-order valence-corrected chi connectivity index (χ1v) is 10.8. The molecule has 1 aromatic heterocycles. The van der Waals surface area contributed by atoms with Gasteiger partial charge in [0.05, 0.1) is 10.9 Å². The van der Waals surface area contributed by atoms with Gasteiger partial charge in [0.2, 0.25) is 5.91 Å². The zero-order chi connectivity index (χ0) is 21.4. The van der Waals surface area contributed by atoms with Gasteiger partial charge in [0.1, 0.15) is 0 Å². The molecule has 1 aliphatic rings. The van der Waals surface area contributed by atoms with Gasteiger partial charge in [-0.25, -0.2) is 0 Å². The molecule has 4 rings (SSSR count). The van der Waals surface area contributed by atoms with E-state index in [1.54, 1.807) is 0 Å². The summed E-state index contributed by atoms with van der Waals surface area (Å²) in [7, 11) is 0. The van der Waals surface area contributed by atoms with Gasteiger partial charge in [0.15, 0.2) is 5.82 Å². The van der Waals surface area contributed by atoms with Crippen LogP contribution in [0.15, 0.2) is 36.4 Å². The van der Waals surface area contributed by atoms with Gasteiger partial charge in [-0.2, -0.15) is 5.10 Å². The van der Waals surface area contributed by atoms with E-state index in [0.29, 0.717) is 11.7 Å². The Morgan fingerprint density at radius 3 is 2.40 bits per heavy atom. The fourth-order valence-electron chi connectivity index (χ4n) is 4.52. The van der Waals surface area contributed by atoms with Crippen LogP contribution in [0.3, 0.4) is 0 Å². The van der Waals surface area contributed by atoms with E-state index in [0.717, 1.165) is 60.2 Å². The molecule has 6 nitrogen and oxygen atoms in total. The summed E-state index contributed by atoms with van der Waals surface area (Å²) in [6.07, 6.45) is 1.95. The third-order valence-corrected chi connectivity index (χ3v) is 6.20. The summed E-state index contributed by atoms with van der Waals surface area (Å²) in [5, 5.41) is 5.57. The molecule has 0 aliphatic carbocycles. The Bertz CT molecular complexity index is 1060. The number of anilines is 2. The monoisotopic (exact) mass is 405 g/mol. The van der Waals surface area contributed by atoms with Crippen molar-refractivity contribution in [2.75, 3.05) is 24.6 Å². The number of amides is 1. The molecule has 3 aromatic rings. The number of rotatable bonds is 4. The van der Waals surface area contributed by atoms with Gasteiger partial charge in [-0.1, -0.05) is 26.0 Å². The molecule has 1 aliphatic heterocycles. The zero-order valence-electron chi connectivity index (χ0n) is 18.1. The summed E-state index contributed by atoms with van der Waals surface area (Å²) in [6.45, 7) is 8.41. The molecular weight excluding hydrogens is 374 g/mol. The highest BCUT2D eigenvalue weighted by molar-refractivity contribution is 6.02. The lowest BCUT2D eigenvalue weighted by atomic mass is 9.86. The number of piperidine rings is 1. The molecule has 0 radical (unpaired) electrons. The first-order valence-electron chi connectivity index (χ1n) is 10.8. The second kappa shape index (κ2) is 8.01. The van der Waals surface area contributed by atoms with Crippen molar-refractivity contribution in [3.63, 3.8) is 0 Å². The largest absolute Gasteiger partial charge is 0.399 e. The molecule has 1 fully saturated rings. The van der Waals surface area contributed by atoms with Crippen molar-refractivity contribution in [1.82, 2.24) is 14.7 Å². The highest BCUT2D eigenvalue weighted by atomic mass is 16.2. The summed E-state index contributed by atoms with van der Waals surface area (Å²) in [4.78, 5) is 14.4. The van der Waals surface area contributed by atoms with Crippen molar-refractivity contribution in [2.24, 2.45) is 5.92 Å². The van der Waals surface area contributed by atoms with Crippen LogP contribution in [-0.2, 0) is 11.3 Å². The van der Waals surface area contributed by atoms with E-state index in [1.807, 2.05) is 47.7 Å². The van der Waals surface area contributed by atoms with E-state index in [1.165, 1.54) is 5.56 Å². The highest BCUT2D eigenvalue weighted by Crippen LogP contribution is 2.38. The number of hydrogen-bond acceptors (Lipinski definition) is 4. The Hall–Kier alpha value is -3.02. The maximum absolute atomic E-state index is 12.4. The van der Waals surface area contributed by atoms with E-state index in [9.17, 15) is 4.79 Å². The number of nitrogens with zero attached hydrogens (tertiary/aromatic N) is 3. The van der Waals surface area contributed by atoms with Gasteiger partial charge < -0.3 is 16.4 Å². The molecule has 0 unspecified atom stereocenters. The second-order valence-electron chi connectivity index (χ2n) is 8.54. The molecule has 158 valence electrons. The van der Waals surface area contributed by atoms with Crippen molar-refractivity contribution < 1.29 is 4.79 Å². The molecule has 4 N–H and O–H groups in total. The molecule has 1 saturated heterocycles. The first kappa shape index (κ1) is 20.3. The van der Waals surface area contributed by atoms with Gasteiger partial charge in [-0.3, -0.25) is 9.48 Å². The van der Waals surface area contributed by atoms with Crippen LogP contribution in [0.2, 0.25) is 0 Å². The van der Waals surface area contributed by atoms with Crippen LogP contribution >= 0.6 is 0 Å². The van der Waals surface area contributed by atoms with Gasteiger partial charge in [-0.15, -0.1) is 0 Å². The average molecular weight is 406 g/mol. The number of nitrogens with two attached hydrogens (primary N) is 2. The van der Waals surface area contributed by atoms with Crippen LogP contribution in [0.1, 0.15) is 45.1 Å². The molecule has 6 heteroatoms. The predicted octanol–water partition coefficient (Wildman–Crippen LogP) is 4.25. The summed E-state index contributed by atoms with van der Waals surface area (Å²) >= 11 is 0. The van der Waals surface area contributed by atoms with E-state index in [-0.39, 0.29) is 11.8 Å². The molecule has 30 heavy (non-hydrogen) atoms. The number of carbonyl (C=O) groups excluding carboxylic acids is 1. The average Bonchev–Trinajstić information content (AvgIpc) is 3.09. The van der Waals surface area contributed by atoms with Crippen molar-refractivity contribution in [1.29, 1.82) is 0 Å². The Kier molecular flexibility index (Phi) is 5.41. The Morgan fingerprint density at radius 1 is 1.13 bits per heavy atom. The number of nitrogen functional groups attached to an aromatic ring is 2. The summed E-state index contributed by atoms with van der Waals surface area (Å²) in [6, 6.07) is 12.4. The minimum absolute atomic E-state index is 0.0527. The number of aryl methyl sites for hydroxylation is 1. The fraction of sp³-hybridized carbons (Fsp3) is 0.417. The highest BCUT2D eigenvalue weighted by Gasteiger charge is 2.26. The molecule has 0 bridgehead atoms. The molecule has 0 saturated carbocycles. The summed E-state index contributed by atoms with van der Waals surface area (Å²) < 4.78 is 1.98. The number of carbonyl (C=O) groups is 1. The number of fused-ring (bicyclic) bond motifs is 1. The fourth-order valence-corrected chi connectivity index (χ4v) is 4.52. The van der Waals surface area contributed by atoms with Crippen LogP contribution in [0, 0.1) is 5.92 Å². The van der Waals surface area contributed by atoms with Gasteiger partial charge in [0, 0.05) is 31.2 Å². The molecule has 2 aromatic carbocycles. The lowest BCUT2D eigenvalue weighted by Gasteiger charge is -2.33. The van der Waals surface area contributed by atoms with E-state index < -0.39 is 0 Å². The summed E-state index contributed by atoms with van der Waals surface area (Å²) in [5.41, 5.74) is 17.5. The summed E-state index contributed by atoms with van der Waals surface area (Å²) in [5.74, 6) is 1.28. The van der Waals surface area contributed by atoms with Gasteiger partial charge >= 0.3 is 0 Å². The second-order valence-corrected chi connectivity index (χ2v) is 8.54. The third-order valence-electron chi connectivity index (χ3n) is 6.20. The smallest absolute Gasteiger partial charge is 0.225 e. The van der Waals surface area contributed by atoms with Crippen LogP contribution in [0.5, 0.6) is 0 Å². The molecule has 1 amide bonds. The van der Waals surface area contributed by atoms with Gasteiger partial charge in [-0.05, 0) is 66.6 Å². The van der Waals surface area contributed by atoms with Gasteiger partial charge in [0.25, 0.3) is 0 Å². The molecule has 0 spiro atoms. The third kappa shape index (κ3) is 3.62. The topological polar surface area (TPSA) is 90.2 Å². The quantitative estimate of drug-likeness (QED) is 0.635. The van der Waals surface area contributed by atoms with Crippen LogP contribution in [0.25, 0.3) is 22.0 Å². The van der Waals surface area contributed by atoms with E-state index in [4.69, 9.17) is 11.5 Å². The van der Waals surface area contributed by atoms with Crippen molar-refractivity contribution in [3.05, 3.63) is 42.0 Å². The van der Waals surface area contributed by atoms with Crippen molar-refractivity contribution in [2.45, 2.75) is 46.1 Å². The first-order chi connectivity index (χ1) is 14.4. The standard InChI is InChI=1S/C24H31N5O/c1-4-29-21-14-18(16-9-11-28(12-10-16)24(30)15(2)3)13-20(22(21)23(26)27-29)17-5-7-19(25)8-6-17/h5-8,13-16H,4,9-12,25H2,1-3H3,(H2,26,27). The number of hydrogen-bond donors (Lipinski definition) is 2. The normalized spacial score (nSPS) is 15.3. The van der Waals surface area contributed by atoms with E-state index in [2.05, 4.69) is 24.2 Å². The minimum Gasteiger partial charge on any atom is -0.399 e. The van der Waals surface area contributed by atoms with Crippen LogP contribution in [0.4, 0.5) is 11.5 Å². The molecular formula is C24H31N5O. The van der Waals surface area contributed by atoms with Crippen LogP contribution < -0.4 is 11.5 Å². The van der Waals surface area contributed by atoms with Crippen molar-refractivity contribution in [3.8, 4) is 11.1 Å². The number of aromatic nitrogens is 2. The van der Waals surface area contributed by atoms with Crippen molar-refractivity contribution >= 4 is 28.3 Å². The Labute approximate surface area is 177 Å². The maximum Gasteiger partial charge on any atom is 0.225 e. The Balaban J connectivity index is 1.74. The molecule has 2 heterocycles. The SMILES string of the molecule is CCn1nc(N)c2c(-c3ccc(N)cc3)cc(C3CCN(C(=O)C(C)C)CC3)cc21. The zero-order valence-corrected chi connectivity index (χ0v) is 18.1. The van der Waals surface area contributed by atoms with Crippen LogP contribution in [-0.4, -0.2) is 33.7 Å².